The number of nitrogens with zero attached hydrogens (tertiary/aromatic N) is 2. The number of aromatic amines is 1. The molecule has 0 unspecified atom stereocenters. The van der Waals surface area contributed by atoms with Gasteiger partial charge in [0.2, 0.25) is 0 Å². The summed E-state index contributed by atoms with van der Waals surface area (Å²) in [5, 5.41) is 18.7. The number of nitro benzene ring substituents is 1. The van der Waals surface area contributed by atoms with Crippen LogP contribution in [0.1, 0.15) is 23.6 Å². The molecule has 1 heterocycles. The van der Waals surface area contributed by atoms with Crippen molar-refractivity contribution in [1.82, 2.24) is 15.6 Å². The van der Waals surface area contributed by atoms with Gasteiger partial charge in [0.15, 0.2) is 5.96 Å². The summed E-state index contributed by atoms with van der Waals surface area (Å²) in [5.74, 6) is 0.699. The molecule has 0 aliphatic heterocycles. The number of guanidine groups is 1. The Bertz CT molecular complexity index is 1000. The maximum Gasteiger partial charge on any atom is 0.269 e. The van der Waals surface area contributed by atoms with Gasteiger partial charge >= 0.3 is 0 Å². The van der Waals surface area contributed by atoms with E-state index < -0.39 is 0 Å². The molecule has 0 atom stereocenters. The van der Waals surface area contributed by atoms with Gasteiger partial charge in [-0.15, -0.1) is 24.0 Å². The topological polar surface area (TPSA) is 95.3 Å². The number of nitro groups is 1. The van der Waals surface area contributed by atoms with Gasteiger partial charge in [-0.1, -0.05) is 30.3 Å². The molecule has 3 N–H and O–H groups in total. The average Bonchev–Trinajstić information content (AvgIpc) is 3.11. The molecule has 0 bridgehead atoms. The standard InChI is InChI=1S/C21H25N5O2.HI/c1-3-22-21(25-13-16-7-5-8-18(12-16)26(27)28)23-11-10-17-14-24-20-15(2)6-4-9-19(17)20;/h4-9,12,14,24H,3,10-11,13H2,1-2H3,(H2,22,23,25);1H. The van der Waals surface area contributed by atoms with Gasteiger partial charge < -0.3 is 15.6 Å². The van der Waals surface area contributed by atoms with Crippen LogP contribution >= 0.6 is 24.0 Å². The van der Waals surface area contributed by atoms with E-state index in [1.807, 2.05) is 13.0 Å². The molecule has 1 aromatic heterocycles. The fraction of sp³-hybridized carbons (Fsp3) is 0.286. The SMILES string of the molecule is CCNC(=NCc1cccc([N+](=O)[O-])c1)NCCc1c[nH]c2c(C)cccc12.I. The van der Waals surface area contributed by atoms with E-state index in [0.717, 1.165) is 25.1 Å². The molecule has 0 amide bonds. The summed E-state index contributed by atoms with van der Waals surface area (Å²) >= 11 is 0. The molecule has 0 spiro atoms. The molecule has 7 nitrogen and oxygen atoms in total. The number of rotatable bonds is 7. The summed E-state index contributed by atoms with van der Waals surface area (Å²) in [6.45, 7) is 5.97. The van der Waals surface area contributed by atoms with Crippen molar-refractivity contribution in [3.05, 3.63) is 75.5 Å². The van der Waals surface area contributed by atoms with Crippen LogP contribution in [-0.4, -0.2) is 29.0 Å². The van der Waals surface area contributed by atoms with Gasteiger partial charge in [0.05, 0.1) is 11.5 Å². The Morgan fingerprint density at radius 1 is 1.21 bits per heavy atom. The van der Waals surface area contributed by atoms with E-state index in [1.54, 1.807) is 12.1 Å². The third-order valence-corrected chi connectivity index (χ3v) is 4.58. The Morgan fingerprint density at radius 2 is 2.00 bits per heavy atom. The van der Waals surface area contributed by atoms with Crippen LogP contribution in [0.15, 0.2) is 53.7 Å². The van der Waals surface area contributed by atoms with Gasteiger partial charge in [-0.2, -0.15) is 0 Å². The second kappa shape index (κ2) is 10.8. The van der Waals surface area contributed by atoms with Crippen LogP contribution in [0.5, 0.6) is 0 Å². The number of aliphatic imine (C=N–C) groups is 1. The smallest absolute Gasteiger partial charge is 0.269 e. The van der Waals surface area contributed by atoms with Crippen molar-refractivity contribution < 1.29 is 4.92 Å². The first kappa shape index (κ1) is 22.7. The van der Waals surface area contributed by atoms with Crippen LogP contribution in [0.4, 0.5) is 5.69 Å². The minimum atomic E-state index is -0.389. The minimum absolute atomic E-state index is 0. The van der Waals surface area contributed by atoms with Crippen LogP contribution in [-0.2, 0) is 13.0 Å². The lowest BCUT2D eigenvalue weighted by Gasteiger charge is -2.11. The zero-order chi connectivity index (χ0) is 19.9. The Labute approximate surface area is 187 Å². The number of aryl methyl sites for hydroxylation is 1. The van der Waals surface area contributed by atoms with E-state index in [1.165, 1.54) is 28.1 Å². The molecule has 154 valence electrons. The lowest BCUT2D eigenvalue weighted by Crippen LogP contribution is -2.38. The summed E-state index contributed by atoms with van der Waals surface area (Å²) in [5.41, 5.74) is 4.58. The fourth-order valence-electron chi connectivity index (χ4n) is 3.17. The van der Waals surface area contributed by atoms with E-state index in [4.69, 9.17) is 0 Å². The molecule has 0 fully saturated rings. The third kappa shape index (κ3) is 5.93. The zero-order valence-electron chi connectivity index (χ0n) is 16.6. The number of benzene rings is 2. The summed E-state index contributed by atoms with van der Waals surface area (Å²) in [7, 11) is 0. The lowest BCUT2D eigenvalue weighted by atomic mass is 10.1. The molecule has 3 rings (SSSR count). The van der Waals surface area contributed by atoms with Crippen LogP contribution in [0.2, 0.25) is 0 Å². The van der Waals surface area contributed by atoms with E-state index >= 15 is 0 Å². The predicted octanol–water partition coefficient (Wildman–Crippen LogP) is 4.30. The van der Waals surface area contributed by atoms with Crippen molar-refractivity contribution in [2.75, 3.05) is 13.1 Å². The van der Waals surface area contributed by atoms with Gasteiger partial charge in [0.25, 0.3) is 5.69 Å². The second-order valence-corrected chi connectivity index (χ2v) is 6.61. The van der Waals surface area contributed by atoms with Crippen LogP contribution in [0.25, 0.3) is 10.9 Å². The number of hydrogen-bond donors (Lipinski definition) is 3. The highest BCUT2D eigenvalue weighted by Crippen LogP contribution is 2.21. The van der Waals surface area contributed by atoms with Gasteiger partial charge in [0, 0.05) is 42.3 Å². The molecular formula is C21H26IN5O2. The largest absolute Gasteiger partial charge is 0.361 e. The Morgan fingerprint density at radius 3 is 2.76 bits per heavy atom. The van der Waals surface area contributed by atoms with Crippen molar-refractivity contribution >= 4 is 46.5 Å². The number of H-pyrrole nitrogens is 1. The molecule has 2 aromatic carbocycles. The van der Waals surface area contributed by atoms with Crippen molar-refractivity contribution in [3.63, 3.8) is 0 Å². The Hall–Kier alpha value is -2.62. The highest BCUT2D eigenvalue weighted by atomic mass is 127. The number of para-hydroxylation sites is 1. The molecule has 8 heteroatoms. The molecular weight excluding hydrogens is 481 g/mol. The second-order valence-electron chi connectivity index (χ2n) is 6.61. The maximum atomic E-state index is 10.9. The fourth-order valence-corrected chi connectivity index (χ4v) is 3.17. The van der Waals surface area contributed by atoms with Gasteiger partial charge in [-0.05, 0) is 37.0 Å². The molecule has 3 aromatic rings. The van der Waals surface area contributed by atoms with E-state index in [0.29, 0.717) is 12.5 Å². The number of nitrogens with one attached hydrogen (secondary N) is 3. The van der Waals surface area contributed by atoms with Crippen molar-refractivity contribution in [3.8, 4) is 0 Å². The van der Waals surface area contributed by atoms with Crippen molar-refractivity contribution in [2.24, 2.45) is 4.99 Å². The highest BCUT2D eigenvalue weighted by molar-refractivity contribution is 14.0. The molecule has 0 saturated carbocycles. The molecule has 0 aliphatic carbocycles. The van der Waals surface area contributed by atoms with Crippen LogP contribution in [0, 0.1) is 17.0 Å². The molecule has 0 saturated heterocycles. The number of fused-ring (bicyclic) bond motifs is 1. The van der Waals surface area contributed by atoms with E-state index in [9.17, 15) is 10.1 Å². The number of halogens is 1. The van der Waals surface area contributed by atoms with E-state index in [2.05, 4.69) is 51.9 Å². The van der Waals surface area contributed by atoms with Crippen LogP contribution < -0.4 is 10.6 Å². The first-order chi connectivity index (χ1) is 13.6. The zero-order valence-corrected chi connectivity index (χ0v) is 18.9. The molecule has 0 aliphatic rings. The summed E-state index contributed by atoms with van der Waals surface area (Å²) < 4.78 is 0. The maximum absolute atomic E-state index is 10.9. The highest BCUT2D eigenvalue weighted by Gasteiger charge is 2.07. The summed E-state index contributed by atoms with van der Waals surface area (Å²) in [4.78, 5) is 18.4. The Kier molecular flexibility index (Phi) is 8.44. The van der Waals surface area contributed by atoms with E-state index in [-0.39, 0.29) is 34.6 Å². The minimum Gasteiger partial charge on any atom is -0.361 e. The first-order valence-corrected chi connectivity index (χ1v) is 9.39. The number of hydrogen-bond acceptors (Lipinski definition) is 3. The molecule has 29 heavy (non-hydrogen) atoms. The summed E-state index contributed by atoms with van der Waals surface area (Å²) in [6.07, 6.45) is 2.93. The van der Waals surface area contributed by atoms with Gasteiger partial charge in [-0.25, -0.2) is 4.99 Å². The van der Waals surface area contributed by atoms with Gasteiger partial charge in [-0.3, -0.25) is 10.1 Å². The quantitative estimate of drug-likeness (QED) is 0.146. The van der Waals surface area contributed by atoms with Crippen molar-refractivity contribution in [2.45, 2.75) is 26.8 Å². The Balaban J connectivity index is 0.00000300. The van der Waals surface area contributed by atoms with Crippen molar-refractivity contribution in [1.29, 1.82) is 0 Å². The van der Waals surface area contributed by atoms with Gasteiger partial charge in [0.1, 0.15) is 0 Å². The molecule has 0 radical (unpaired) electrons. The summed E-state index contributed by atoms with van der Waals surface area (Å²) in [6, 6.07) is 12.9. The third-order valence-electron chi connectivity index (χ3n) is 4.58. The number of aromatic nitrogens is 1. The van der Waals surface area contributed by atoms with Crippen LogP contribution in [0.3, 0.4) is 0 Å². The average molecular weight is 507 g/mol. The predicted molar refractivity (Wildman–Crippen MR) is 128 cm³/mol. The monoisotopic (exact) mass is 507 g/mol. The first-order valence-electron chi connectivity index (χ1n) is 9.39. The normalized spacial score (nSPS) is 11.2. The number of non-ortho nitro benzene ring substituents is 1. The lowest BCUT2D eigenvalue weighted by molar-refractivity contribution is -0.384.